The number of nitrogens with one attached hydrogen (secondary N) is 2. The van der Waals surface area contributed by atoms with Crippen molar-refractivity contribution in [1.82, 2.24) is 9.71 Å². The van der Waals surface area contributed by atoms with E-state index in [1.807, 2.05) is 13.0 Å². The maximum absolute atomic E-state index is 13.0. The van der Waals surface area contributed by atoms with E-state index in [1.165, 1.54) is 23.5 Å². The number of hydrogen-bond acceptors (Lipinski definition) is 5. The Kier molecular flexibility index (Phi) is 6.96. The standard InChI is InChI=1S/C21H22FN3O3S2/c1-14-3-4-15(2)19(11-14)30(27,28)24-10-9-20(26)25-21-23-13-18(29-21)12-16-5-7-17(22)8-6-16/h3-8,11,13,24H,9-10,12H2,1-2H3,(H,23,25,26). The highest BCUT2D eigenvalue weighted by Crippen LogP contribution is 2.21. The normalized spacial score (nSPS) is 11.4. The van der Waals surface area contributed by atoms with E-state index in [9.17, 15) is 17.6 Å². The second-order valence-corrected chi connectivity index (χ2v) is 9.75. The van der Waals surface area contributed by atoms with Crippen LogP contribution in [0.25, 0.3) is 0 Å². The molecule has 1 aromatic heterocycles. The Morgan fingerprint density at radius 2 is 1.87 bits per heavy atom. The Bertz CT molecular complexity index is 1140. The van der Waals surface area contributed by atoms with Crippen LogP contribution in [0, 0.1) is 19.7 Å². The van der Waals surface area contributed by atoms with Gasteiger partial charge in [0.2, 0.25) is 15.9 Å². The number of nitrogens with zero attached hydrogens (tertiary/aromatic N) is 1. The highest BCUT2D eigenvalue weighted by atomic mass is 32.2. The molecule has 0 aliphatic rings. The van der Waals surface area contributed by atoms with E-state index in [0.29, 0.717) is 17.1 Å². The molecule has 2 N–H and O–H groups in total. The summed E-state index contributed by atoms with van der Waals surface area (Å²) in [5.41, 5.74) is 2.44. The fraction of sp³-hybridized carbons (Fsp3) is 0.238. The van der Waals surface area contributed by atoms with E-state index in [0.717, 1.165) is 16.0 Å². The number of anilines is 1. The Morgan fingerprint density at radius 3 is 2.60 bits per heavy atom. The Hall–Kier alpha value is -2.62. The number of aryl methyl sites for hydroxylation is 2. The molecule has 0 fully saturated rings. The van der Waals surface area contributed by atoms with Crippen molar-refractivity contribution in [1.29, 1.82) is 0 Å². The van der Waals surface area contributed by atoms with Crippen molar-refractivity contribution in [3.05, 3.63) is 76.0 Å². The number of carbonyl (C=O) groups is 1. The topological polar surface area (TPSA) is 88.2 Å². The van der Waals surface area contributed by atoms with Crippen molar-refractivity contribution >= 4 is 32.4 Å². The number of halogens is 1. The molecule has 158 valence electrons. The lowest BCUT2D eigenvalue weighted by molar-refractivity contribution is -0.116. The third-order valence-electron chi connectivity index (χ3n) is 4.37. The van der Waals surface area contributed by atoms with Gasteiger partial charge in [-0.2, -0.15) is 0 Å². The number of thiazole rings is 1. The fourth-order valence-electron chi connectivity index (χ4n) is 2.81. The van der Waals surface area contributed by atoms with E-state index in [2.05, 4.69) is 15.0 Å². The number of carbonyl (C=O) groups excluding carboxylic acids is 1. The van der Waals surface area contributed by atoms with Crippen LogP contribution in [0.1, 0.15) is 28.0 Å². The second-order valence-electron chi connectivity index (χ2n) is 6.90. The van der Waals surface area contributed by atoms with Crippen LogP contribution in [-0.4, -0.2) is 25.9 Å². The summed E-state index contributed by atoms with van der Waals surface area (Å²) in [6, 6.07) is 11.4. The summed E-state index contributed by atoms with van der Waals surface area (Å²) in [5.74, 6) is -0.620. The quantitative estimate of drug-likeness (QED) is 0.550. The van der Waals surface area contributed by atoms with Crippen molar-refractivity contribution in [2.45, 2.75) is 31.6 Å². The van der Waals surface area contributed by atoms with Crippen molar-refractivity contribution in [3.63, 3.8) is 0 Å². The number of benzene rings is 2. The summed E-state index contributed by atoms with van der Waals surface area (Å²) >= 11 is 1.32. The molecule has 0 saturated carbocycles. The first kappa shape index (κ1) is 22.1. The molecule has 2 aromatic carbocycles. The van der Waals surface area contributed by atoms with Gasteiger partial charge >= 0.3 is 0 Å². The van der Waals surface area contributed by atoms with E-state index in [1.54, 1.807) is 37.4 Å². The first-order valence-electron chi connectivity index (χ1n) is 9.29. The molecule has 9 heteroatoms. The monoisotopic (exact) mass is 447 g/mol. The minimum atomic E-state index is -3.69. The van der Waals surface area contributed by atoms with Gasteiger partial charge in [-0.05, 0) is 48.7 Å². The van der Waals surface area contributed by atoms with Crippen molar-refractivity contribution in [2.24, 2.45) is 0 Å². The molecular formula is C21H22FN3O3S2. The predicted molar refractivity (Wildman–Crippen MR) is 116 cm³/mol. The van der Waals surface area contributed by atoms with Gasteiger partial charge in [0, 0.05) is 30.5 Å². The van der Waals surface area contributed by atoms with Gasteiger partial charge in [0.1, 0.15) is 5.82 Å². The molecule has 0 unspecified atom stereocenters. The molecule has 0 aliphatic carbocycles. The average Bonchev–Trinajstić information content (AvgIpc) is 3.12. The van der Waals surface area contributed by atoms with E-state index >= 15 is 0 Å². The van der Waals surface area contributed by atoms with Gasteiger partial charge in [-0.25, -0.2) is 22.5 Å². The highest BCUT2D eigenvalue weighted by Gasteiger charge is 2.17. The van der Waals surface area contributed by atoms with Crippen molar-refractivity contribution in [2.75, 3.05) is 11.9 Å². The molecule has 30 heavy (non-hydrogen) atoms. The summed E-state index contributed by atoms with van der Waals surface area (Å²) in [6.45, 7) is 3.53. The van der Waals surface area contributed by atoms with Gasteiger partial charge in [-0.3, -0.25) is 4.79 Å². The maximum atomic E-state index is 13.0. The van der Waals surface area contributed by atoms with Crippen LogP contribution >= 0.6 is 11.3 Å². The molecule has 3 aromatic rings. The van der Waals surface area contributed by atoms with Crippen LogP contribution in [0.4, 0.5) is 9.52 Å². The van der Waals surface area contributed by atoms with Crippen LogP contribution in [0.15, 0.2) is 53.6 Å². The van der Waals surface area contributed by atoms with E-state index < -0.39 is 10.0 Å². The minimum Gasteiger partial charge on any atom is -0.302 e. The molecule has 0 bridgehead atoms. The zero-order chi connectivity index (χ0) is 21.7. The van der Waals surface area contributed by atoms with Gasteiger partial charge in [0.25, 0.3) is 0 Å². The zero-order valence-electron chi connectivity index (χ0n) is 16.6. The smallest absolute Gasteiger partial charge is 0.240 e. The molecule has 3 rings (SSSR count). The molecule has 6 nitrogen and oxygen atoms in total. The van der Waals surface area contributed by atoms with Crippen molar-refractivity contribution < 1.29 is 17.6 Å². The minimum absolute atomic E-state index is 0.0169. The lowest BCUT2D eigenvalue weighted by atomic mass is 10.1. The fourth-order valence-corrected chi connectivity index (χ4v) is 5.03. The molecule has 0 spiro atoms. The van der Waals surface area contributed by atoms with Crippen LogP contribution in [0.5, 0.6) is 0 Å². The first-order chi connectivity index (χ1) is 14.2. The number of hydrogen-bond donors (Lipinski definition) is 2. The zero-order valence-corrected chi connectivity index (χ0v) is 18.2. The lowest BCUT2D eigenvalue weighted by Crippen LogP contribution is -2.28. The number of amides is 1. The number of sulfonamides is 1. The van der Waals surface area contributed by atoms with Crippen LogP contribution in [-0.2, 0) is 21.2 Å². The lowest BCUT2D eigenvalue weighted by Gasteiger charge is -2.10. The average molecular weight is 448 g/mol. The highest BCUT2D eigenvalue weighted by molar-refractivity contribution is 7.89. The second kappa shape index (κ2) is 9.46. The summed E-state index contributed by atoms with van der Waals surface area (Å²) in [6.07, 6.45) is 2.23. The SMILES string of the molecule is Cc1ccc(C)c(S(=O)(=O)NCCC(=O)Nc2ncc(Cc3ccc(F)cc3)s2)c1. The van der Waals surface area contributed by atoms with E-state index in [4.69, 9.17) is 0 Å². The Morgan fingerprint density at radius 1 is 1.13 bits per heavy atom. The molecule has 0 saturated heterocycles. The molecule has 1 amide bonds. The van der Waals surface area contributed by atoms with Gasteiger partial charge in [-0.1, -0.05) is 24.3 Å². The summed E-state index contributed by atoms with van der Waals surface area (Å²) in [4.78, 5) is 17.4. The largest absolute Gasteiger partial charge is 0.302 e. The van der Waals surface area contributed by atoms with Crippen LogP contribution in [0.3, 0.4) is 0 Å². The third-order valence-corrected chi connectivity index (χ3v) is 6.88. The van der Waals surface area contributed by atoms with Crippen molar-refractivity contribution in [3.8, 4) is 0 Å². The van der Waals surface area contributed by atoms with Gasteiger partial charge in [-0.15, -0.1) is 11.3 Å². The number of rotatable bonds is 8. The van der Waals surface area contributed by atoms with Crippen LogP contribution < -0.4 is 10.0 Å². The van der Waals surface area contributed by atoms with Gasteiger partial charge < -0.3 is 5.32 Å². The third kappa shape index (κ3) is 5.94. The molecule has 1 heterocycles. The Labute approximate surface area is 179 Å². The summed E-state index contributed by atoms with van der Waals surface area (Å²) in [5, 5.41) is 3.12. The van der Waals surface area contributed by atoms with Gasteiger partial charge in [0.15, 0.2) is 5.13 Å². The number of aromatic nitrogens is 1. The predicted octanol–water partition coefficient (Wildman–Crippen LogP) is 3.80. The summed E-state index contributed by atoms with van der Waals surface area (Å²) < 4.78 is 40.4. The van der Waals surface area contributed by atoms with Crippen LogP contribution in [0.2, 0.25) is 0 Å². The van der Waals surface area contributed by atoms with Gasteiger partial charge in [0.05, 0.1) is 4.90 Å². The molecule has 0 aliphatic heterocycles. The summed E-state index contributed by atoms with van der Waals surface area (Å²) in [7, 11) is -3.69. The van der Waals surface area contributed by atoms with E-state index in [-0.39, 0.29) is 29.6 Å². The molecule has 0 radical (unpaired) electrons. The first-order valence-corrected chi connectivity index (χ1v) is 11.6. The molecular weight excluding hydrogens is 425 g/mol. The maximum Gasteiger partial charge on any atom is 0.240 e. The Balaban J connectivity index is 1.51. The molecule has 0 atom stereocenters.